The molecule has 0 radical (unpaired) electrons. The lowest BCUT2D eigenvalue weighted by molar-refractivity contribution is -0.146. The smallest absolute Gasteiger partial charge is 0.302 e. The molecule has 1 heterocycles. The zero-order valence-corrected chi connectivity index (χ0v) is 8.69. The first-order chi connectivity index (χ1) is 6.69. The first-order valence-electron chi connectivity index (χ1n) is 4.49. The predicted molar refractivity (Wildman–Crippen MR) is 48.0 cm³/mol. The SMILES string of the molecule is CO[C@H]1[C@@H](OC)CO[C@@H]1COC(C)=O. The van der Waals surface area contributed by atoms with Gasteiger partial charge in [0.2, 0.25) is 0 Å². The van der Waals surface area contributed by atoms with Crippen LogP contribution < -0.4 is 0 Å². The van der Waals surface area contributed by atoms with Crippen molar-refractivity contribution in [1.29, 1.82) is 0 Å². The maximum Gasteiger partial charge on any atom is 0.302 e. The third-order valence-electron chi connectivity index (χ3n) is 2.23. The van der Waals surface area contributed by atoms with Gasteiger partial charge in [-0.1, -0.05) is 0 Å². The summed E-state index contributed by atoms with van der Waals surface area (Å²) in [6.07, 6.45) is -0.478. The minimum atomic E-state index is -0.315. The number of ether oxygens (including phenoxy) is 4. The topological polar surface area (TPSA) is 54.0 Å². The molecule has 3 atom stereocenters. The van der Waals surface area contributed by atoms with Crippen LogP contribution in [0, 0.1) is 0 Å². The highest BCUT2D eigenvalue weighted by Crippen LogP contribution is 2.19. The quantitative estimate of drug-likeness (QED) is 0.602. The molecule has 0 unspecified atom stereocenters. The molecule has 82 valence electrons. The van der Waals surface area contributed by atoms with Gasteiger partial charge in [0.25, 0.3) is 0 Å². The van der Waals surface area contributed by atoms with Gasteiger partial charge in [-0.15, -0.1) is 0 Å². The van der Waals surface area contributed by atoms with E-state index < -0.39 is 0 Å². The van der Waals surface area contributed by atoms with E-state index in [4.69, 9.17) is 18.9 Å². The van der Waals surface area contributed by atoms with Crippen LogP contribution in [0.25, 0.3) is 0 Å². The van der Waals surface area contributed by atoms with Crippen molar-refractivity contribution in [3.05, 3.63) is 0 Å². The first-order valence-corrected chi connectivity index (χ1v) is 4.49. The third-order valence-corrected chi connectivity index (χ3v) is 2.23. The number of rotatable bonds is 4. The fourth-order valence-corrected chi connectivity index (χ4v) is 1.50. The van der Waals surface area contributed by atoms with Crippen LogP contribution in [-0.2, 0) is 23.7 Å². The largest absolute Gasteiger partial charge is 0.463 e. The Balaban J connectivity index is 2.41. The van der Waals surface area contributed by atoms with Crippen LogP contribution in [0.5, 0.6) is 0 Å². The maximum atomic E-state index is 10.6. The number of carbonyl (C=O) groups is 1. The highest BCUT2D eigenvalue weighted by atomic mass is 16.6. The summed E-state index contributed by atoms with van der Waals surface area (Å²) in [6, 6.07) is 0. The third kappa shape index (κ3) is 2.67. The summed E-state index contributed by atoms with van der Waals surface area (Å²) < 4.78 is 20.6. The van der Waals surface area contributed by atoms with E-state index >= 15 is 0 Å². The Morgan fingerprint density at radius 2 is 2.14 bits per heavy atom. The number of methoxy groups -OCH3 is 2. The number of carbonyl (C=O) groups excluding carboxylic acids is 1. The van der Waals surface area contributed by atoms with E-state index in [9.17, 15) is 4.79 Å². The molecule has 1 fully saturated rings. The average Bonchev–Trinajstić information content (AvgIpc) is 2.56. The molecular formula is C9H16O5. The van der Waals surface area contributed by atoms with E-state index in [2.05, 4.69) is 0 Å². The first kappa shape index (κ1) is 11.4. The number of esters is 1. The van der Waals surface area contributed by atoms with E-state index in [0.29, 0.717) is 6.61 Å². The van der Waals surface area contributed by atoms with E-state index in [-0.39, 0.29) is 30.9 Å². The van der Waals surface area contributed by atoms with E-state index in [1.165, 1.54) is 6.92 Å². The van der Waals surface area contributed by atoms with Gasteiger partial charge < -0.3 is 18.9 Å². The molecule has 0 aromatic heterocycles. The van der Waals surface area contributed by atoms with Gasteiger partial charge in [0.15, 0.2) is 0 Å². The molecule has 1 rings (SSSR count). The molecule has 5 heteroatoms. The van der Waals surface area contributed by atoms with Gasteiger partial charge in [-0.05, 0) is 0 Å². The summed E-state index contributed by atoms with van der Waals surface area (Å²) in [5.41, 5.74) is 0. The van der Waals surface area contributed by atoms with Gasteiger partial charge in [-0.3, -0.25) is 4.79 Å². The van der Waals surface area contributed by atoms with Crippen LogP contribution in [-0.4, -0.2) is 51.7 Å². The van der Waals surface area contributed by atoms with Gasteiger partial charge in [0.05, 0.1) is 6.61 Å². The molecule has 0 saturated carbocycles. The molecule has 0 bridgehead atoms. The monoisotopic (exact) mass is 204 g/mol. The van der Waals surface area contributed by atoms with Gasteiger partial charge >= 0.3 is 5.97 Å². The molecule has 0 aliphatic carbocycles. The van der Waals surface area contributed by atoms with Crippen LogP contribution in [0.3, 0.4) is 0 Å². The molecular weight excluding hydrogens is 188 g/mol. The Hall–Kier alpha value is -0.650. The van der Waals surface area contributed by atoms with Crippen molar-refractivity contribution in [3.8, 4) is 0 Å². The van der Waals surface area contributed by atoms with Gasteiger partial charge in [-0.25, -0.2) is 0 Å². The van der Waals surface area contributed by atoms with Crippen molar-refractivity contribution < 1.29 is 23.7 Å². The molecule has 0 aromatic rings. The highest BCUT2D eigenvalue weighted by Gasteiger charge is 2.38. The second-order valence-corrected chi connectivity index (χ2v) is 3.15. The predicted octanol–water partition coefficient (Wildman–Crippen LogP) is -0.0217. The Kier molecular flexibility index (Phi) is 4.31. The maximum absolute atomic E-state index is 10.6. The van der Waals surface area contributed by atoms with E-state index in [1.54, 1.807) is 14.2 Å². The molecule has 0 amide bonds. The summed E-state index contributed by atoms with van der Waals surface area (Å²) in [7, 11) is 3.19. The molecule has 1 aliphatic heterocycles. The van der Waals surface area contributed by atoms with Crippen LogP contribution in [0.15, 0.2) is 0 Å². The van der Waals surface area contributed by atoms with Crippen molar-refractivity contribution >= 4 is 5.97 Å². The van der Waals surface area contributed by atoms with Gasteiger partial charge in [0.1, 0.15) is 24.9 Å². The minimum absolute atomic E-state index is 0.0828. The summed E-state index contributed by atoms with van der Waals surface area (Å²) in [6.45, 7) is 2.05. The molecule has 1 aliphatic rings. The Labute approximate surface area is 83.3 Å². The van der Waals surface area contributed by atoms with Crippen molar-refractivity contribution in [1.82, 2.24) is 0 Å². The second-order valence-electron chi connectivity index (χ2n) is 3.15. The summed E-state index contributed by atoms with van der Waals surface area (Å²) in [4.78, 5) is 10.6. The number of hydrogen-bond donors (Lipinski definition) is 0. The van der Waals surface area contributed by atoms with Gasteiger partial charge in [0, 0.05) is 21.1 Å². The Bertz CT molecular complexity index is 194. The molecule has 0 N–H and O–H groups in total. The summed E-state index contributed by atoms with van der Waals surface area (Å²) in [5.74, 6) is -0.315. The highest BCUT2D eigenvalue weighted by molar-refractivity contribution is 5.65. The molecule has 14 heavy (non-hydrogen) atoms. The van der Waals surface area contributed by atoms with Crippen molar-refractivity contribution in [2.24, 2.45) is 0 Å². The average molecular weight is 204 g/mol. The lowest BCUT2D eigenvalue weighted by Gasteiger charge is -2.19. The number of hydrogen-bond acceptors (Lipinski definition) is 5. The molecule has 0 spiro atoms. The standard InChI is InChI=1S/C9H16O5/c1-6(10)13-5-8-9(12-3)7(11-2)4-14-8/h7-9H,4-5H2,1-3H3/t7-,8+,9-/m0/s1. The van der Waals surface area contributed by atoms with Crippen LogP contribution >= 0.6 is 0 Å². The van der Waals surface area contributed by atoms with Crippen molar-refractivity contribution in [3.63, 3.8) is 0 Å². The molecule has 1 saturated heterocycles. The summed E-state index contributed by atoms with van der Waals surface area (Å²) >= 11 is 0. The lowest BCUT2D eigenvalue weighted by atomic mass is 10.1. The summed E-state index contributed by atoms with van der Waals surface area (Å²) in [5, 5.41) is 0. The molecule has 5 nitrogen and oxygen atoms in total. The van der Waals surface area contributed by atoms with Gasteiger partial charge in [-0.2, -0.15) is 0 Å². The Morgan fingerprint density at radius 3 is 2.64 bits per heavy atom. The molecule has 0 aromatic carbocycles. The minimum Gasteiger partial charge on any atom is -0.463 e. The van der Waals surface area contributed by atoms with E-state index in [1.807, 2.05) is 0 Å². The Morgan fingerprint density at radius 1 is 1.43 bits per heavy atom. The second kappa shape index (κ2) is 5.29. The normalized spacial score (nSPS) is 31.8. The van der Waals surface area contributed by atoms with Crippen LogP contribution in [0.2, 0.25) is 0 Å². The fraction of sp³-hybridized carbons (Fsp3) is 0.889. The van der Waals surface area contributed by atoms with Crippen molar-refractivity contribution in [2.45, 2.75) is 25.2 Å². The van der Waals surface area contributed by atoms with Crippen molar-refractivity contribution in [2.75, 3.05) is 27.4 Å². The zero-order chi connectivity index (χ0) is 10.6. The van der Waals surface area contributed by atoms with Crippen LogP contribution in [0.4, 0.5) is 0 Å². The zero-order valence-electron chi connectivity index (χ0n) is 8.69. The lowest BCUT2D eigenvalue weighted by Crippen LogP contribution is -2.36. The van der Waals surface area contributed by atoms with E-state index in [0.717, 1.165) is 0 Å². The van der Waals surface area contributed by atoms with Crippen LogP contribution in [0.1, 0.15) is 6.92 Å². The fourth-order valence-electron chi connectivity index (χ4n) is 1.50.